The highest BCUT2D eigenvalue weighted by Gasteiger charge is 1.99. The van der Waals surface area contributed by atoms with Crippen LogP contribution in [0.2, 0.25) is 0 Å². The molecule has 0 radical (unpaired) electrons. The van der Waals surface area contributed by atoms with Crippen LogP contribution in [0.4, 0.5) is 11.9 Å². The molecule has 1 heterocycles. The molecule has 11 heavy (non-hydrogen) atoms. The molecular weight excluding hydrogens is 150 g/mol. The average Bonchev–Trinajstić information content (AvgIpc) is 2.03. The van der Waals surface area contributed by atoms with E-state index in [0.717, 1.165) is 0 Å². The Balaban J connectivity index is 3.02. The van der Waals surface area contributed by atoms with E-state index in [2.05, 4.69) is 15.0 Å². The lowest BCUT2D eigenvalue weighted by Gasteiger charge is -2.00. The lowest BCUT2D eigenvalue weighted by Crippen LogP contribution is -2.05. The predicted molar refractivity (Wildman–Crippen MR) is 35.4 cm³/mol. The minimum absolute atomic E-state index is 0.0194. The highest BCUT2D eigenvalue weighted by molar-refractivity contribution is 5.30. The molecule has 0 aliphatic rings. The van der Waals surface area contributed by atoms with Crippen LogP contribution in [0.1, 0.15) is 5.82 Å². The van der Waals surface area contributed by atoms with E-state index in [4.69, 9.17) is 10.4 Å². The van der Waals surface area contributed by atoms with Gasteiger partial charge in [-0.15, -0.1) is 0 Å². The van der Waals surface area contributed by atoms with E-state index in [9.17, 15) is 0 Å². The molecule has 0 aromatic carbocycles. The number of anilines is 2. The third-order valence-corrected chi connectivity index (χ3v) is 0.947. The van der Waals surface area contributed by atoms with Crippen LogP contribution in [0, 0.1) is 6.92 Å². The monoisotopic (exact) mass is 157 g/mol. The molecule has 0 aliphatic carbocycles. The third kappa shape index (κ3) is 1.72. The van der Waals surface area contributed by atoms with Crippen LogP contribution in [0.25, 0.3) is 0 Å². The summed E-state index contributed by atoms with van der Waals surface area (Å²) in [5.74, 6) is 0.344. The maximum absolute atomic E-state index is 8.37. The Kier molecular flexibility index (Phi) is 2.14. The summed E-state index contributed by atoms with van der Waals surface area (Å²) in [5, 5.41) is 16.7. The predicted octanol–water partition coefficient (Wildman–Crippen LogP) is -0.218. The quantitative estimate of drug-likeness (QED) is 0.440. The minimum atomic E-state index is -0.0194. The van der Waals surface area contributed by atoms with Crippen LogP contribution >= 0.6 is 0 Å². The Hall–Kier alpha value is -1.47. The summed E-state index contributed by atoms with van der Waals surface area (Å²) < 4.78 is 0. The van der Waals surface area contributed by atoms with Gasteiger partial charge in [-0.05, 0) is 6.92 Å². The van der Waals surface area contributed by atoms with Gasteiger partial charge in [-0.25, -0.2) is 11.0 Å². The molecule has 1 aromatic heterocycles. The van der Waals surface area contributed by atoms with Crippen molar-refractivity contribution in [3.8, 4) is 0 Å². The van der Waals surface area contributed by atoms with Gasteiger partial charge in [0.15, 0.2) is 0 Å². The number of aromatic nitrogens is 3. The zero-order valence-corrected chi connectivity index (χ0v) is 5.74. The van der Waals surface area contributed by atoms with Crippen molar-refractivity contribution in [2.24, 2.45) is 0 Å². The summed E-state index contributed by atoms with van der Waals surface area (Å²) in [5.41, 5.74) is 3.46. The lowest BCUT2D eigenvalue weighted by atomic mass is 10.7. The summed E-state index contributed by atoms with van der Waals surface area (Å²) in [4.78, 5) is 10.9. The van der Waals surface area contributed by atoms with Crippen LogP contribution < -0.4 is 11.0 Å². The van der Waals surface area contributed by atoms with Crippen molar-refractivity contribution in [2.45, 2.75) is 6.92 Å². The van der Waals surface area contributed by atoms with Crippen LogP contribution in [-0.4, -0.2) is 25.4 Å². The van der Waals surface area contributed by atoms with Crippen molar-refractivity contribution in [1.82, 2.24) is 15.0 Å². The molecule has 60 valence electrons. The standard InChI is InChI=1S/C4H7N5O2/c1-2-5-3(8-10)7-4(6-2)9-11/h10-11H,1H3,(H2,5,6,7,8,9). The number of hydrogen-bond donors (Lipinski definition) is 4. The largest absolute Gasteiger partial charge is 0.288 e. The second kappa shape index (κ2) is 3.08. The molecule has 0 spiro atoms. The number of nitrogens with one attached hydrogen (secondary N) is 2. The molecule has 7 nitrogen and oxygen atoms in total. The van der Waals surface area contributed by atoms with Crippen LogP contribution in [0.3, 0.4) is 0 Å². The molecule has 0 atom stereocenters. The second-order valence-corrected chi connectivity index (χ2v) is 1.75. The van der Waals surface area contributed by atoms with Gasteiger partial charge >= 0.3 is 0 Å². The molecule has 0 fully saturated rings. The summed E-state index contributed by atoms with van der Waals surface area (Å²) in [6, 6.07) is 0. The van der Waals surface area contributed by atoms with Gasteiger partial charge < -0.3 is 0 Å². The van der Waals surface area contributed by atoms with E-state index in [0.29, 0.717) is 5.82 Å². The molecule has 0 bridgehead atoms. The molecule has 0 saturated heterocycles. The van der Waals surface area contributed by atoms with Crippen molar-refractivity contribution >= 4 is 11.9 Å². The Morgan fingerprint density at radius 2 is 1.45 bits per heavy atom. The average molecular weight is 157 g/mol. The summed E-state index contributed by atoms with van der Waals surface area (Å²) >= 11 is 0. The fourth-order valence-corrected chi connectivity index (χ4v) is 0.582. The zero-order valence-electron chi connectivity index (χ0n) is 5.74. The third-order valence-electron chi connectivity index (χ3n) is 0.947. The fraction of sp³-hybridized carbons (Fsp3) is 0.250. The highest BCUT2D eigenvalue weighted by atomic mass is 16.5. The van der Waals surface area contributed by atoms with Gasteiger partial charge in [0, 0.05) is 0 Å². The van der Waals surface area contributed by atoms with Gasteiger partial charge in [0.05, 0.1) is 0 Å². The molecule has 0 aliphatic heterocycles. The molecule has 0 unspecified atom stereocenters. The smallest absolute Gasteiger partial charge is 0.252 e. The topological polar surface area (TPSA) is 103 Å². The molecule has 1 rings (SSSR count). The molecule has 0 amide bonds. The van der Waals surface area contributed by atoms with Crippen LogP contribution in [-0.2, 0) is 0 Å². The minimum Gasteiger partial charge on any atom is -0.288 e. The molecular formula is C4H7N5O2. The summed E-state index contributed by atoms with van der Waals surface area (Å²) in [6.45, 7) is 1.60. The maximum Gasteiger partial charge on any atom is 0.252 e. The van der Waals surface area contributed by atoms with Crippen LogP contribution in [0.15, 0.2) is 0 Å². The van der Waals surface area contributed by atoms with E-state index < -0.39 is 0 Å². The van der Waals surface area contributed by atoms with Crippen molar-refractivity contribution in [3.05, 3.63) is 5.82 Å². The first-order valence-corrected chi connectivity index (χ1v) is 2.79. The van der Waals surface area contributed by atoms with Crippen molar-refractivity contribution in [1.29, 1.82) is 0 Å². The van der Waals surface area contributed by atoms with Crippen LogP contribution in [0.5, 0.6) is 0 Å². The number of nitrogens with zero attached hydrogens (tertiary/aromatic N) is 3. The Labute approximate surface area is 62.1 Å². The van der Waals surface area contributed by atoms with Crippen molar-refractivity contribution < 1.29 is 10.4 Å². The molecule has 0 saturated carbocycles. The van der Waals surface area contributed by atoms with Gasteiger partial charge in [-0.2, -0.15) is 15.0 Å². The molecule has 4 N–H and O–H groups in total. The van der Waals surface area contributed by atoms with E-state index in [1.54, 1.807) is 17.9 Å². The van der Waals surface area contributed by atoms with E-state index in [-0.39, 0.29) is 11.9 Å². The fourth-order valence-electron chi connectivity index (χ4n) is 0.582. The first-order chi connectivity index (χ1) is 5.26. The normalized spacial score (nSPS) is 9.36. The maximum atomic E-state index is 8.37. The Bertz CT molecular complexity index is 230. The molecule has 7 heteroatoms. The van der Waals surface area contributed by atoms with Gasteiger partial charge in [0.1, 0.15) is 5.82 Å². The van der Waals surface area contributed by atoms with E-state index in [1.807, 2.05) is 0 Å². The summed E-state index contributed by atoms with van der Waals surface area (Å²) in [6.07, 6.45) is 0. The van der Waals surface area contributed by atoms with Crippen molar-refractivity contribution in [3.63, 3.8) is 0 Å². The van der Waals surface area contributed by atoms with Gasteiger partial charge in [0.25, 0.3) is 11.9 Å². The Morgan fingerprint density at radius 3 is 1.82 bits per heavy atom. The van der Waals surface area contributed by atoms with Gasteiger partial charge in [-0.3, -0.25) is 10.4 Å². The second-order valence-electron chi connectivity index (χ2n) is 1.75. The zero-order chi connectivity index (χ0) is 8.27. The van der Waals surface area contributed by atoms with Gasteiger partial charge in [0.2, 0.25) is 0 Å². The number of rotatable bonds is 2. The van der Waals surface area contributed by atoms with E-state index in [1.165, 1.54) is 0 Å². The number of aryl methyl sites for hydroxylation is 1. The lowest BCUT2D eigenvalue weighted by molar-refractivity contribution is 0.374. The highest BCUT2D eigenvalue weighted by Crippen LogP contribution is 2.01. The first kappa shape index (κ1) is 7.63. The summed E-state index contributed by atoms with van der Waals surface area (Å²) in [7, 11) is 0. The SMILES string of the molecule is Cc1nc(NO)nc(NO)n1. The first-order valence-electron chi connectivity index (χ1n) is 2.79. The van der Waals surface area contributed by atoms with Gasteiger partial charge in [-0.1, -0.05) is 0 Å². The van der Waals surface area contributed by atoms with Crippen molar-refractivity contribution in [2.75, 3.05) is 11.0 Å². The number of hydrogen-bond acceptors (Lipinski definition) is 7. The Morgan fingerprint density at radius 1 is 1.00 bits per heavy atom. The molecule has 1 aromatic rings. The van der Waals surface area contributed by atoms with E-state index >= 15 is 0 Å².